The zero-order valence-electron chi connectivity index (χ0n) is 16.4. The predicted molar refractivity (Wildman–Crippen MR) is 101 cm³/mol. The number of methoxy groups -OCH3 is 2. The number of ether oxygens (including phenoxy) is 5. The number of hydrogen-bond donors (Lipinski definition) is 1. The van der Waals surface area contributed by atoms with E-state index in [2.05, 4.69) is 4.90 Å². The summed E-state index contributed by atoms with van der Waals surface area (Å²) in [6.07, 6.45) is 0.229. The number of rotatable bonds is 3. The van der Waals surface area contributed by atoms with Crippen molar-refractivity contribution in [3.8, 4) is 28.7 Å². The molecule has 5 rings (SSSR count). The van der Waals surface area contributed by atoms with Gasteiger partial charge in [0.2, 0.25) is 12.5 Å². The normalized spacial score (nSPS) is 22.1. The van der Waals surface area contributed by atoms with Crippen LogP contribution in [0.4, 0.5) is 0 Å². The number of carbonyl (C=O) groups excluding carboxylic acids is 1. The zero-order valence-corrected chi connectivity index (χ0v) is 16.4. The van der Waals surface area contributed by atoms with Gasteiger partial charge in [-0.05, 0) is 31.2 Å². The standard InChI is InChI=1S/C21H21NO7/c1-22-7-6-10-8-13-19(28-9-27-13)20(26-3)14(10)16(22)17-11-4-5-12(23)18(25-2)15(11)21(24)29-17/h4-5,8,16-17,23H,6-7,9H2,1-3H3/t16-,17?/m1/s1. The molecule has 29 heavy (non-hydrogen) atoms. The second-order valence-corrected chi connectivity index (χ2v) is 7.30. The Balaban J connectivity index is 1.70. The van der Waals surface area contributed by atoms with Crippen LogP contribution in [0.1, 0.15) is 39.2 Å². The van der Waals surface area contributed by atoms with E-state index in [4.69, 9.17) is 23.7 Å². The van der Waals surface area contributed by atoms with Crippen LogP contribution in [0.15, 0.2) is 18.2 Å². The van der Waals surface area contributed by atoms with Gasteiger partial charge in [-0.2, -0.15) is 0 Å². The van der Waals surface area contributed by atoms with Crippen molar-refractivity contribution in [3.05, 3.63) is 40.5 Å². The molecule has 1 N–H and O–H groups in total. The van der Waals surface area contributed by atoms with E-state index in [1.54, 1.807) is 13.2 Å². The Morgan fingerprint density at radius 2 is 1.97 bits per heavy atom. The first-order valence-corrected chi connectivity index (χ1v) is 9.35. The molecular formula is C21H21NO7. The molecule has 0 amide bonds. The quantitative estimate of drug-likeness (QED) is 0.789. The van der Waals surface area contributed by atoms with Crippen molar-refractivity contribution in [1.82, 2.24) is 4.90 Å². The Morgan fingerprint density at radius 3 is 2.72 bits per heavy atom. The molecule has 0 aromatic heterocycles. The third-order valence-electron chi connectivity index (χ3n) is 5.86. The van der Waals surface area contributed by atoms with E-state index < -0.39 is 12.1 Å². The number of likely N-dealkylation sites (N-methyl/N-ethyl adjacent to an activating group) is 1. The lowest BCUT2D eigenvalue weighted by Crippen LogP contribution is -2.36. The van der Waals surface area contributed by atoms with Crippen molar-refractivity contribution < 1.29 is 33.6 Å². The highest BCUT2D eigenvalue weighted by molar-refractivity contribution is 5.98. The Hall–Kier alpha value is -3.13. The van der Waals surface area contributed by atoms with Crippen LogP contribution in [0, 0.1) is 0 Å². The highest BCUT2D eigenvalue weighted by Gasteiger charge is 2.46. The lowest BCUT2D eigenvalue weighted by atomic mass is 9.85. The summed E-state index contributed by atoms with van der Waals surface area (Å²) < 4.78 is 28.0. The van der Waals surface area contributed by atoms with Gasteiger partial charge < -0.3 is 28.8 Å². The molecule has 0 saturated heterocycles. The molecule has 2 atom stereocenters. The molecular weight excluding hydrogens is 378 g/mol. The Kier molecular flexibility index (Phi) is 3.99. The number of esters is 1. The monoisotopic (exact) mass is 399 g/mol. The largest absolute Gasteiger partial charge is 0.504 e. The predicted octanol–water partition coefficient (Wildman–Crippen LogP) is 2.58. The van der Waals surface area contributed by atoms with Crippen LogP contribution in [-0.4, -0.2) is 50.6 Å². The molecule has 2 aromatic carbocycles. The second-order valence-electron chi connectivity index (χ2n) is 7.30. The fraction of sp³-hybridized carbons (Fsp3) is 0.381. The van der Waals surface area contributed by atoms with Crippen LogP contribution in [0.3, 0.4) is 0 Å². The van der Waals surface area contributed by atoms with Crippen molar-refractivity contribution in [2.45, 2.75) is 18.6 Å². The van der Waals surface area contributed by atoms with Crippen LogP contribution in [-0.2, 0) is 11.2 Å². The van der Waals surface area contributed by atoms with E-state index in [0.717, 1.165) is 24.1 Å². The molecule has 0 fully saturated rings. The number of phenols is 1. The number of fused-ring (bicyclic) bond motifs is 3. The number of nitrogens with zero attached hydrogens (tertiary/aromatic N) is 1. The maximum absolute atomic E-state index is 12.7. The van der Waals surface area contributed by atoms with Crippen LogP contribution < -0.4 is 18.9 Å². The highest BCUT2D eigenvalue weighted by Crippen LogP contribution is 2.55. The fourth-order valence-electron chi connectivity index (χ4n) is 4.56. The Bertz CT molecular complexity index is 1020. The van der Waals surface area contributed by atoms with Gasteiger partial charge in [-0.25, -0.2) is 4.79 Å². The summed E-state index contributed by atoms with van der Waals surface area (Å²) in [5.74, 6) is 1.35. The van der Waals surface area contributed by atoms with Crippen molar-refractivity contribution in [2.75, 3.05) is 34.6 Å². The maximum atomic E-state index is 12.7. The van der Waals surface area contributed by atoms with Crippen molar-refractivity contribution in [1.29, 1.82) is 0 Å². The minimum atomic E-state index is -0.578. The number of phenolic OH excluding ortho intramolecular Hbond substituents is 1. The first-order valence-electron chi connectivity index (χ1n) is 9.35. The first kappa shape index (κ1) is 17.9. The molecule has 1 unspecified atom stereocenters. The highest BCUT2D eigenvalue weighted by atomic mass is 16.7. The fourth-order valence-corrected chi connectivity index (χ4v) is 4.56. The minimum Gasteiger partial charge on any atom is -0.504 e. The summed E-state index contributed by atoms with van der Waals surface area (Å²) in [4.78, 5) is 14.8. The molecule has 0 aliphatic carbocycles. The molecule has 3 aliphatic heterocycles. The van der Waals surface area contributed by atoms with Gasteiger partial charge in [-0.1, -0.05) is 6.07 Å². The molecule has 3 aliphatic rings. The van der Waals surface area contributed by atoms with E-state index in [1.165, 1.54) is 13.2 Å². The average Bonchev–Trinajstić information content (AvgIpc) is 3.31. The number of benzene rings is 2. The van der Waals surface area contributed by atoms with E-state index in [-0.39, 0.29) is 29.9 Å². The maximum Gasteiger partial charge on any atom is 0.343 e. The number of hydrogen-bond acceptors (Lipinski definition) is 8. The second kappa shape index (κ2) is 6.45. The van der Waals surface area contributed by atoms with Gasteiger partial charge in [-0.3, -0.25) is 4.90 Å². The SMILES string of the molecule is COc1c(O)ccc2c1C(=O)OC2[C@H]1c2c(cc3c(c2OC)OCO3)CCN1C. The van der Waals surface area contributed by atoms with E-state index in [1.807, 2.05) is 13.1 Å². The lowest BCUT2D eigenvalue weighted by Gasteiger charge is -2.38. The van der Waals surface area contributed by atoms with Crippen molar-refractivity contribution in [3.63, 3.8) is 0 Å². The molecule has 0 radical (unpaired) electrons. The molecule has 152 valence electrons. The van der Waals surface area contributed by atoms with Crippen molar-refractivity contribution >= 4 is 5.97 Å². The van der Waals surface area contributed by atoms with Crippen LogP contribution in [0.2, 0.25) is 0 Å². The number of cyclic esters (lactones) is 1. The topological polar surface area (TPSA) is 86.7 Å². The first-order chi connectivity index (χ1) is 14.0. The number of aromatic hydroxyl groups is 1. The van der Waals surface area contributed by atoms with E-state index >= 15 is 0 Å². The summed E-state index contributed by atoms with van der Waals surface area (Å²) in [7, 11) is 5.00. The molecule has 2 aromatic rings. The molecule has 0 saturated carbocycles. The summed E-state index contributed by atoms with van der Waals surface area (Å²) in [6.45, 7) is 0.923. The van der Waals surface area contributed by atoms with Gasteiger partial charge >= 0.3 is 5.97 Å². The average molecular weight is 399 g/mol. The molecule has 0 bridgehead atoms. The zero-order chi connectivity index (χ0) is 20.3. The third-order valence-corrected chi connectivity index (χ3v) is 5.86. The molecule has 0 spiro atoms. The van der Waals surface area contributed by atoms with Gasteiger partial charge in [0.15, 0.2) is 23.0 Å². The van der Waals surface area contributed by atoms with Gasteiger partial charge in [0, 0.05) is 17.7 Å². The van der Waals surface area contributed by atoms with E-state index in [0.29, 0.717) is 22.8 Å². The molecule has 8 nitrogen and oxygen atoms in total. The van der Waals surface area contributed by atoms with Crippen LogP contribution >= 0.6 is 0 Å². The lowest BCUT2D eigenvalue weighted by molar-refractivity contribution is 0.00874. The van der Waals surface area contributed by atoms with Crippen LogP contribution in [0.25, 0.3) is 0 Å². The Labute approximate surface area is 167 Å². The van der Waals surface area contributed by atoms with Gasteiger partial charge in [-0.15, -0.1) is 0 Å². The van der Waals surface area contributed by atoms with Crippen molar-refractivity contribution in [2.24, 2.45) is 0 Å². The van der Waals surface area contributed by atoms with Gasteiger partial charge in [0.1, 0.15) is 11.7 Å². The minimum absolute atomic E-state index is 0.0952. The Morgan fingerprint density at radius 1 is 1.17 bits per heavy atom. The summed E-state index contributed by atoms with van der Waals surface area (Å²) in [5.41, 5.74) is 2.93. The van der Waals surface area contributed by atoms with Crippen LogP contribution in [0.5, 0.6) is 28.7 Å². The van der Waals surface area contributed by atoms with Gasteiger partial charge in [0.05, 0.1) is 20.3 Å². The summed E-state index contributed by atoms with van der Waals surface area (Å²) >= 11 is 0. The molecule has 8 heteroatoms. The smallest absolute Gasteiger partial charge is 0.343 e. The van der Waals surface area contributed by atoms with E-state index in [9.17, 15) is 9.90 Å². The molecule has 3 heterocycles. The third kappa shape index (κ3) is 2.45. The van der Waals surface area contributed by atoms with Gasteiger partial charge in [0.25, 0.3) is 0 Å². The summed E-state index contributed by atoms with van der Waals surface area (Å²) in [6, 6.07) is 4.93. The number of carbonyl (C=O) groups is 1. The summed E-state index contributed by atoms with van der Waals surface area (Å²) in [5, 5.41) is 10.1.